The number of ether oxygens (including phenoxy) is 1. The monoisotopic (exact) mass is 1010 g/mol. The summed E-state index contributed by atoms with van der Waals surface area (Å²) in [6.45, 7) is 4.92. The smallest absolute Gasteiger partial charge is 0.305 e. The molecule has 0 saturated heterocycles. The SMILES string of the molecule is CCCCCCCC/C=C\CCCCCCCCCC(=O)OCCCCCCCCCCCCCCCCCCCC(=O)NC(CO)C(O)/C=C/CCCCCCCCCCCCCCCCCCCCC. The molecule has 0 aliphatic carbocycles. The minimum absolute atomic E-state index is 0.00194. The number of aliphatic hydroxyl groups excluding tert-OH is 2. The van der Waals surface area contributed by atoms with Crippen LogP contribution in [0.2, 0.25) is 0 Å². The van der Waals surface area contributed by atoms with Gasteiger partial charge in [0.2, 0.25) is 5.91 Å². The van der Waals surface area contributed by atoms with Crippen LogP contribution in [0, 0.1) is 0 Å². The van der Waals surface area contributed by atoms with Crippen LogP contribution in [0.5, 0.6) is 0 Å². The lowest BCUT2D eigenvalue weighted by Gasteiger charge is -2.20. The van der Waals surface area contributed by atoms with Crippen molar-refractivity contribution in [2.75, 3.05) is 13.2 Å². The highest BCUT2D eigenvalue weighted by atomic mass is 16.5. The number of carbonyl (C=O) groups is 2. The molecule has 2 unspecified atom stereocenters. The third-order valence-corrected chi connectivity index (χ3v) is 15.2. The fourth-order valence-electron chi connectivity index (χ4n) is 10.2. The second-order valence-corrected chi connectivity index (χ2v) is 22.5. The highest BCUT2D eigenvalue weighted by Gasteiger charge is 2.18. The third kappa shape index (κ3) is 57.6. The van der Waals surface area contributed by atoms with E-state index in [0.29, 0.717) is 19.4 Å². The van der Waals surface area contributed by atoms with Gasteiger partial charge in [-0.3, -0.25) is 9.59 Å². The van der Waals surface area contributed by atoms with Crippen LogP contribution in [-0.2, 0) is 14.3 Å². The summed E-state index contributed by atoms with van der Waals surface area (Å²) in [5.41, 5.74) is 0. The van der Waals surface area contributed by atoms with Gasteiger partial charge in [0, 0.05) is 12.8 Å². The molecule has 0 spiro atoms. The van der Waals surface area contributed by atoms with Gasteiger partial charge < -0.3 is 20.3 Å². The Morgan fingerprint density at radius 2 is 0.653 bits per heavy atom. The predicted octanol–water partition coefficient (Wildman–Crippen LogP) is 20.6. The van der Waals surface area contributed by atoms with Crippen molar-refractivity contribution in [3.05, 3.63) is 24.3 Å². The Labute approximate surface area is 450 Å². The molecule has 0 aromatic carbocycles. The Bertz CT molecular complexity index is 1120. The number of hydrogen-bond acceptors (Lipinski definition) is 5. The van der Waals surface area contributed by atoms with Crippen molar-refractivity contribution >= 4 is 11.9 Å². The zero-order valence-corrected chi connectivity index (χ0v) is 48.7. The lowest BCUT2D eigenvalue weighted by molar-refractivity contribution is -0.143. The molecule has 6 nitrogen and oxygen atoms in total. The average Bonchev–Trinajstić information content (AvgIpc) is 3.38. The fourth-order valence-corrected chi connectivity index (χ4v) is 10.2. The molecule has 0 bridgehead atoms. The van der Waals surface area contributed by atoms with Crippen molar-refractivity contribution in [2.45, 2.75) is 373 Å². The molecule has 0 aromatic heterocycles. The molecule has 3 N–H and O–H groups in total. The summed E-state index contributed by atoms with van der Waals surface area (Å²) in [6.07, 6.45) is 76.5. The van der Waals surface area contributed by atoms with Crippen LogP contribution in [0.3, 0.4) is 0 Å². The van der Waals surface area contributed by atoms with E-state index in [2.05, 4.69) is 31.3 Å². The minimum Gasteiger partial charge on any atom is -0.466 e. The first kappa shape index (κ1) is 70.3. The van der Waals surface area contributed by atoms with Gasteiger partial charge in [-0.2, -0.15) is 0 Å². The highest BCUT2D eigenvalue weighted by molar-refractivity contribution is 5.76. The highest BCUT2D eigenvalue weighted by Crippen LogP contribution is 2.18. The molecule has 0 heterocycles. The van der Waals surface area contributed by atoms with Crippen molar-refractivity contribution in [3.8, 4) is 0 Å². The van der Waals surface area contributed by atoms with Crippen molar-refractivity contribution in [3.63, 3.8) is 0 Å². The maximum atomic E-state index is 12.5. The van der Waals surface area contributed by atoms with Gasteiger partial charge in [0.05, 0.1) is 25.4 Å². The molecule has 0 aromatic rings. The van der Waals surface area contributed by atoms with Crippen LogP contribution in [0.25, 0.3) is 0 Å². The largest absolute Gasteiger partial charge is 0.466 e. The molecule has 0 saturated carbocycles. The molecule has 426 valence electrons. The van der Waals surface area contributed by atoms with Gasteiger partial charge in [0.25, 0.3) is 0 Å². The summed E-state index contributed by atoms with van der Waals surface area (Å²) in [7, 11) is 0. The first-order chi connectivity index (χ1) is 35.5. The molecule has 1 amide bonds. The molecule has 0 aliphatic heterocycles. The van der Waals surface area contributed by atoms with Gasteiger partial charge in [-0.15, -0.1) is 0 Å². The summed E-state index contributed by atoms with van der Waals surface area (Å²) < 4.78 is 5.49. The molecule has 0 rings (SSSR count). The summed E-state index contributed by atoms with van der Waals surface area (Å²) in [4.78, 5) is 24.6. The molecule has 0 radical (unpaired) electrons. The van der Waals surface area contributed by atoms with Crippen LogP contribution >= 0.6 is 0 Å². The zero-order valence-electron chi connectivity index (χ0n) is 48.7. The number of amides is 1. The number of carbonyl (C=O) groups excluding carboxylic acids is 2. The quantitative estimate of drug-likeness (QED) is 0.0320. The number of aliphatic hydroxyl groups is 2. The van der Waals surface area contributed by atoms with E-state index >= 15 is 0 Å². The van der Waals surface area contributed by atoms with Crippen LogP contribution in [-0.4, -0.2) is 47.4 Å². The topological polar surface area (TPSA) is 95.9 Å². The van der Waals surface area contributed by atoms with Gasteiger partial charge in [-0.25, -0.2) is 0 Å². The van der Waals surface area contributed by atoms with E-state index in [1.807, 2.05) is 6.08 Å². The number of esters is 1. The van der Waals surface area contributed by atoms with Gasteiger partial charge >= 0.3 is 5.97 Å². The molecule has 72 heavy (non-hydrogen) atoms. The standard InChI is InChI=1S/C66H127NO5/c1-3-5-7-9-11-13-15-17-19-21-22-23-24-27-30-34-38-42-46-50-54-58-64(69)63(62-68)67-65(70)59-55-51-47-43-39-35-31-28-25-29-33-37-41-45-49-53-57-61-72-66(71)60-56-52-48-44-40-36-32-26-20-18-16-14-12-10-8-6-4-2/h18,20,54,58,63-64,68-69H,3-17,19,21-53,55-57,59-62H2,1-2H3,(H,67,70)/b20-18-,58-54+. The van der Waals surface area contributed by atoms with Crippen molar-refractivity contribution in [1.29, 1.82) is 0 Å². The van der Waals surface area contributed by atoms with Crippen LogP contribution in [0.15, 0.2) is 24.3 Å². The minimum atomic E-state index is -0.849. The van der Waals surface area contributed by atoms with Crippen LogP contribution in [0.1, 0.15) is 361 Å². The molecule has 0 fully saturated rings. The Balaban J connectivity index is 3.43. The van der Waals surface area contributed by atoms with E-state index < -0.39 is 12.1 Å². The zero-order chi connectivity index (χ0) is 52.2. The normalized spacial score (nSPS) is 12.7. The molecule has 0 aliphatic rings. The van der Waals surface area contributed by atoms with Gasteiger partial charge in [0.1, 0.15) is 0 Å². The number of allylic oxidation sites excluding steroid dienone is 3. The van der Waals surface area contributed by atoms with Gasteiger partial charge in [-0.05, 0) is 57.8 Å². The van der Waals surface area contributed by atoms with E-state index in [-0.39, 0.29) is 18.5 Å². The maximum absolute atomic E-state index is 12.5. The van der Waals surface area contributed by atoms with Crippen molar-refractivity contribution in [1.82, 2.24) is 5.32 Å². The first-order valence-electron chi connectivity index (χ1n) is 32.6. The Morgan fingerprint density at radius 1 is 0.375 bits per heavy atom. The van der Waals surface area contributed by atoms with Crippen LogP contribution < -0.4 is 5.32 Å². The lowest BCUT2D eigenvalue weighted by atomic mass is 10.0. The second kappa shape index (κ2) is 61.9. The Hall–Kier alpha value is -1.66. The number of nitrogens with one attached hydrogen (secondary N) is 1. The van der Waals surface area contributed by atoms with Crippen molar-refractivity contribution in [2.24, 2.45) is 0 Å². The molecular weight excluding hydrogens is 887 g/mol. The molecule has 2 atom stereocenters. The summed E-state index contributed by atoms with van der Waals surface area (Å²) in [5, 5.41) is 23.2. The number of hydrogen-bond donors (Lipinski definition) is 3. The lowest BCUT2D eigenvalue weighted by Crippen LogP contribution is -2.45. The van der Waals surface area contributed by atoms with E-state index in [9.17, 15) is 19.8 Å². The summed E-state index contributed by atoms with van der Waals surface area (Å²) >= 11 is 0. The van der Waals surface area contributed by atoms with E-state index in [1.54, 1.807) is 6.08 Å². The Morgan fingerprint density at radius 3 is 0.986 bits per heavy atom. The van der Waals surface area contributed by atoms with E-state index in [0.717, 1.165) is 44.9 Å². The van der Waals surface area contributed by atoms with Gasteiger partial charge in [-0.1, -0.05) is 314 Å². The predicted molar refractivity (Wildman–Crippen MR) is 315 cm³/mol. The third-order valence-electron chi connectivity index (χ3n) is 15.2. The molecular formula is C66H127NO5. The Kier molecular flexibility index (Phi) is 60.5. The number of unbranched alkanes of at least 4 members (excludes halogenated alkanes) is 48. The average molecular weight is 1010 g/mol. The first-order valence-corrected chi connectivity index (χ1v) is 32.6. The second-order valence-electron chi connectivity index (χ2n) is 22.5. The fraction of sp³-hybridized carbons (Fsp3) is 0.909. The van der Waals surface area contributed by atoms with E-state index in [1.165, 1.54) is 289 Å². The summed E-state index contributed by atoms with van der Waals surface area (Å²) in [5.74, 6) is -0.0679. The maximum Gasteiger partial charge on any atom is 0.305 e. The van der Waals surface area contributed by atoms with E-state index in [4.69, 9.17) is 4.74 Å². The summed E-state index contributed by atoms with van der Waals surface area (Å²) in [6, 6.07) is -0.633. The van der Waals surface area contributed by atoms with Gasteiger partial charge in [0.15, 0.2) is 0 Å². The number of rotatable bonds is 61. The van der Waals surface area contributed by atoms with Crippen LogP contribution in [0.4, 0.5) is 0 Å². The molecule has 6 heteroatoms. The van der Waals surface area contributed by atoms with Crippen molar-refractivity contribution < 1.29 is 24.5 Å².